The highest BCUT2D eigenvalue weighted by Crippen LogP contribution is 2.54. The van der Waals surface area contributed by atoms with E-state index in [1.165, 1.54) is 0 Å². The molecule has 150 valence electrons. The highest BCUT2D eigenvalue weighted by molar-refractivity contribution is 5.86. The molecule has 4 atom stereocenters. The van der Waals surface area contributed by atoms with Gasteiger partial charge in [-0.1, -0.05) is 6.58 Å². The minimum absolute atomic E-state index is 0.0370. The van der Waals surface area contributed by atoms with Gasteiger partial charge in [0.2, 0.25) is 5.79 Å². The summed E-state index contributed by atoms with van der Waals surface area (Å²) in [6.07, 6.45) is 6.78. The van der Waals surface area contributed by atoms with Crippen molar-refractivity contribution in [3.05, 3.63) is 12.2 Å². The Balaban J connectivity index is 1.41. The van der Waals surface area contributed by atoms with Crippen LogP contribution in [0.5, 0.6) is 0 Å². The first kappa shape index (κ1) is 18.1. The van der Waals surface area contributed by atoms with Crippen LogP contribution in [0.4, 0.5) is 0 Å². The smallest absolute Gasteiger partial charge is 0.333 e. The minimum atomic E-state index is -1.15. The second-order valence-corrected chi connectivity index (χ2v) is 8.59. The van der Waals surface area contributed by atoms with E-state index in [9.17, 15) is 4.79 Å². The molecule has 0 aromatic carbocycles. The molecule has 27 heavy (non-hydrogen) atoms. The van der Waals surface area contributed by atoms with E-state index in [4.69, 9.17) is 28.4 Å². The van der Waals surface area contributed by atoms with E-state index in [0.29, 0.717) is 12.2 Å². The number of hydrogen-bond acceptors (Lipinski definition) is 7. The van der Waals surface area contributed by atoms with Crippen molar-refractivity contribution in [3.63, 3.8) is 0 Å². The molecule has 0 aromatic rings. The standard InChI is InChI=1S/C20H28O7/c1-13(2)17(21)22-12-20-16(26-19(27-20)9-5-6-10-19)15-14(11-23-20)24-18(25-15)7-3-4-8-18/h14-16H,1,3-12H2,2H3/t14-,15-,16+,20+/m1/s1. The molecule has 5 aliphatic rings. The van der Waals surface area contributed by atoms with Gasteiger partial charge in [0.05, 0.1) is 6.61 Å². The maximum atomic E-state index is 12.0. The summed E-state index contributed by atoms with van der Waals surface area (Å²) in [4.78, 5) is 12.0. The van der Waals surface area contributed by atoms with Gasteiger partial charge in [-0.05, 0) is 32.6 Å². The Bertz CT molecular complexity index is 634. The average molecular weight is 380 g/mol. The summed E-state index contributed by atoms with van der Waals surface area (Å²) in [6, 6.07) is 0. The van der Waals surface area contributed by atoms with Crippen LogP contribution < -0.4 is 0 Å². The van der Waals surface area contributed by atoms with Crippen LogP contribution in [-0.4, -0.2) is 54.9 Å². The van der Waals surface area contributed by atoms with Crippen molar-refractivity contribution in [1.82, 2.24) is 0 Å². The molecule has 2 saturated carbocycles. The third kappa shape index (κ3) is 2.86. The minimum Gasteiger partial charge on any atom is -0.456 e. The van der Waals surface area contributed by atoms with Gasteiger partial charge in [-0.25, -0.2) is 4.79 Å². The lowest BCUT2D eigenvalue weighted by atomic mass is 9.97. The van der Waals surface area contributed by atoms with E-state index in [0.717, 1.165) is 51.4 Å². The Labute approximate surface area is 159 Å². The Hall–Kier alpha value is -0.990. The first-order valence-corrected chi connectivity index (χ1v) is 10.2. The molecule has 3 aliphatic heterocycles. The second-order valence-electron chi connectivity index (χ2n) is 8.59. The number of esters is 1. The largest absolute Gasteiger partial charge is 0.456 e. The summed E-state index contributed by atoms with van der Waals surface area (Å²) in [7, 11) is 0. The highest BCUT2D eigenvalue weighted by atomic mass is 16.9. The zero-order chi connectivity index (χ0) is 18.7. The second kappa shape index (κ2) is 6.26. The van der Waals surface area contributed by atoms with E-state index < -0.39 is 29.4 Å². The Kier molecular flexibility index (Phi) is 4.19. The summed E-state index contributed by atoms with van der Waals surface area (Å²) in [5.41, 5.74) is 0.344. The van der Waals surface area contributed by atoms with Crippen molar-refractivity contribution in [1.29, 1.82) is 0 Å². The molecule has 3 saturated heterocycles. The number of hydrogen-bond donors (Lipinski definition) is 0. The zero-order valence-corrected chi connectivity index (χ0v) is 15.9. The maximum absolute atomic E-state index is 12.0. The molecule has 7 nitrogen and oxygen atoms in total. The maximum Gasteiger partial charge on any atom is 0.333 e. The van der Waals surface area contributed by atoms with E-state index in [1.54, 1.807) is 6.92 Å². The molecule has 7 heteroatoms. The van der Waals surface area contributed by atoms with Crippen LogP contribution in [-0.2, 0) is 33.2 Å². The van der Waals surface area contributed by atoms with Crippen LogP contribution in [0.3, 0.4) is 0 Å². The van der Waals surface area contributed by atoms with Crippen LogP contribution in [0, 0.1) is 0 Å². The van der Waals surface area contributed by atoms with Crippen LogP contribution in [0.15, 0.2) is 12.2 Å². The SMILES string of the molecule is C=C(C)C(=O)OC[C@@]12OC[C@H]3OC4(CCCC4)O[C@H]3[C@@H]1OC1(CCCC1)O2. The molecule has 5 rings (SSSR count). The molecule has 2 spiro atoms. The Morgan fingerprint density at radius 2 is 1.70 bits per heavy atom. The number of ether oxygens (including phenoxy) is 6. The molecular formula is C20H28O7. The highest BCUT2D eigenvalue weighted by Gasteiger charge is 2.69. The van der Waals surface area contributed by atoms with E-state index in [2.05, 4.69) is 6.58 Å². The third-order valence-corrected chi connectivity index (χ3v) is 6.49. The average Bonchev–Trinajstić information content (AvgIpc) is 3.41. The van der Waals surface area contributed by atoms with E-state index in [1.807, 2.05) is 0 Å². The van der Waals surface area contributed by atoms with Crippen molar-refractivity contribution in [2.24, 2.45) is 0 Å². The van der Waals surface area contributed by atoms with Gasteiger partial charge in [-0.2, -0.15) is 0 Å². The zero-order valence-electron chi connectivity index (χ0n) is 15.9. The first-order chi connectivity index (χ1) is 13.0. The molecular weight excluding hydrogens is 352 g/mol. The van der Waals surface area contributed by atoms with Gasteiger partial charge >= 0.3 is 5.97 Å². The van der Waals surface area contributed by atoms with Gasteiger partial charge in [0.25, 0.3) is 0 Å². The molecule has 0 radical (unpaired) electrons. The number of rotatable bonds is 3. The lowest BCUT2D eigenvalue weighted by molar-refractivity contribution is -0.299. The third-order valence-electron chi connectivity index (χ3n) is 6.49. The number of carbonyl (C=O) groups is 1. The molecule has 0 aromatic heterocycles. The summed E-state index contributed by atoms with van der Waals surface area (Å²) < 4.78 is 37.2. The molecule has 0 unspecified atom stereocenters. The predicted octanol–water partition coefficient (Wildman–Crippen LogP) is 2.57. The van der Waals surface area contributed by atoms with E-state index in [-0.39, 0.29) is 18.8 Å². The molecule has 0 amide bonds. The van der Waals surface area contributed by atoms with Crippen LogP contribution in [0.1, 0.15) is 58.3 Å². The summed E-state index contributed by atoms with van der Waals surface area (Å²) in [5, 5.41) is 0. The van der Waals surface area contributed by atoms with Gasteiger partial charge in [0.15, 0.2) is 11.6 Å². The molecule has 0 bridgehead atoms. The lowest BCUT2D eigenvalue weighted by Crippen LogP contribution is -2.60. The fourth-order valence-corrected chi connectivity index (χ4v) is 5.18. The fraction of sp³-hybridized carbons (Fsp3) is 0.850. The monoisotopic (exact) mass is 380 g/mol. The van der Waals surface area contributed by atoms with Gasteiger partial charge < -0.3 is 28.4 Å². The Morgan fingerprint density at radius 3 is 2.37 bits per heavy atom. The van der Waals surface area contributed by atoms with Gasteiger partial charge in [0.1, 0.15) is 24.9 Å². The van der Waals surface area contributed by atoms with Crippen LogP contribution in [0.2, 0.25) is 0 Å². The lowest BCUT2D eigenvalue weighted by Gasteiger charge is -2.40. The summed E-state index contributed by atoms with van der Waals surface area (Å²) >= 11 is 0. The van der Waals surface area contributed by atoms with E-state index >= 15 is 0 Å². The normalized spacial score (nSPS) is 41.0. The Morgan fingerprint density at radius 1 is 1.04 bits per heavy atom. The van der Waals surface area contributed by atoms with Crippen molar-refractivity contribution in [2.45, 2.75) is 94.0 Å². The van der Waals surface area contributed by atoms with Crippen LogP contribution in [0.25, 0.3) is 0 Å². The summed E-state index contributed by atoms with van der Waals surface area (Å²) in [5.74, 6) is -2.80. The van der Waals surface area contributed by atoms with Gasteiger partial charge in [-0.3, -0.25) is 0 Å². The number of carbonyl (C=O) groups excluding carboxylic acids is 1. The van der Waals surface area contributed by atoms with Crippen molar-refractivity contribution < 1.29 is 33.2 Å². The fourth-order valence-electron chi connectivity index (χ4n) is 5.18. The van der Waals surface area contributed by atoms with Crippen LogP contribution >= 0.6 is 0 Å². The first-order valence-electron chi connectivity index (χ1n) is 10.2. The molecule has 0 N–H and O–H groups in total. The quantitative estimate of drug-likeness (QED) is 0.550. The van der Waals surface area contributed by atoms with Crippen molar-refractivity contribution in [3.8, 4) is 0 Å². The van der Waals surface area contributed by atoms with Gasteiger partial charge in [0, 0.05) is 31.3 Å². The topological polar surface area (TPSA) is 72.5 Å². The molecule has 5 fully saturated rings. The number of fused-ring (bicyclic) bond motifs is 3. The van der Waals surface area contributed by atoms with Crippen molar-refractivity contribution >= 4 is 5.97 Å². The predicted molar refractivity (Wildman–Crippen MR) is 92.6 cm³/mol. The molecule has 2 aliphatic carbocycles. The molecule has 3 heterocycles. The van der Waals surface area contributed by atoms with Gasteiger partial charge in [-0.15, -0.1) is 0 Å². The van der Waals surface area contributed by atoms with Crippen molar-refractivity contribution in [2.75, 3.05) is 13.2 Å². The summed E-state index contributed by atoms with van der Waals surface area (Å²) in [6.45, 7) is 5.57.